The van der Waals surface area contributed by atoms with Crippen LogP contribution in [0.15, 0.2) is 47.3 Å². The molecule has 0 spiro atoms. The second-order valence-electron chi connectivity index (χ2n) is 8.30. The first-order valence-electron chi connectivity index (χ1n) is 10.8. The first kappa shape index (κ1) is 23.0. The van der Waals surface area contributed by atoms with Crippen molar-refractivity contribution < 1.29 is 22.8 Å². The number of hydrogen-bond donors (Lipinski definition) is 0. The summed E-state index contributed by atoms with van der Waals surface area (Å²) >= 11 is 2.10. The number of halogens is 3. The highest BCUT2D eigenvalue weighted by Crippen LogP contribution is 2.38. The van der Waals surface area contributed by atoms with Gasteiger partial charge in [-0.2, -0.15) is 13.2 Å². The zero-order valence-corrected chi connectivity index (χ0v) is 19.6. The second-order valence-corrected chi connectivity index (χ2v) is 10.1. The maximum atomic E-state index is 12.8. The first-order valence-corrected chi connectivity index (χ1v) is 12.5. The van der Waals surface area contributed by atoms with E-state index in [4.69, 9.17) is 0 Å². The highest BCUT2D eigenvalue weighted by Gasteiger charge is 2.37. The van der Waals surface area contributed by atoms with Crippen molar-refractivity contribution in [2.24, 2.45) is 0 Å². The zero-order chi connectivity index (χ0) is 23.9. The van der Waals surface area contributed by atoms with Crippen LogP contribution in [0.4, 0.5) is 13.2 Å². The van der Waals surface area contributed by atoms with E-state index in [1.165, 1.54) is 17.4 Å². The minimum Gasteiger partial charge on any atom is -0.335 e. The van der Waals surface area contributed by atoms with E-state index in [0.29, 0.717) is 59.2 Å². The minimum absolute atomic E-state index is 0.0352. The smallest absolute Gasteiger partial charge is 0.335 e. The molecule has 0 bridgehead atoms. The molecule has 11 heteroatoms. The van der Waals surface area contributed by atoms with Gasteiger partial charge in [0.15, 0.2) is 0 Å². The van der Waals surface area contributed by atoms with Crippen LogP contribution in [-0.4, -0.2) is 76.8 Å². The lowest BCUT2D eigenvalue weighted by atomic mass is 10.0. The van der Waals surface area contributed by atoms with Crippen molar-refractivity contribution in [3.63, 3.8) is 0 Å². The monoisotopic (exact) mass is 506 g/mol. The molecule has 34 heavy (non-hydrogen) atoms. The minimum atomic E-state index is -4.35. The van der Waals surface area contributed by atoms with E-state index in [0.717, 1.165) is 19.2 Å². The van der Waals surface area contributed by atoms with Gasteiger partial charge in [0.2, 0.25) is 0 Å². The Labute approximate surface area is 202 Å². The molecule has 0 saturated carbocycles. The predicted molar refractivity (Wildman–Crippen MR) is 124 cm³/mol. The predicted octanol–water partition coefficient (Wildman–Crippen LogP) is 4.17. The highest BCUT2D eigenvalue weighted by atomic mass is 32.1. The van der Waals surface area contributed by atoms with E-state index < -0.39 is 11.1 Å². The molecule has 3 aromatic rings. The van der Waals surface area contributed by atoms with Gasteiger partial charge in [-0.05, 0) is 29.8 Å². The molecule has 6 nitrogen and oxygen atoms in total. The molecule has 0 radical (unpaired) electrons. The molecule has 2 saturated heterocycles. The Morgan fingerprint density at radius 3 is 2.21 bits per heavy atom. The summed E-state index contributed by atoms with van der Waals surface area (Å²) in [6.45, 7) is 4.05. The summed E-state index contributed by atoms with van der Waals surface area (Å²) in [7, 11) is 0. The van der Waals surface area contributed by atoms with E-state index in [9.17, 15) is 22.8 Å². The Hall–Kier alpha value is -2.76. The lowest BCUT2D eigenvalue weighted by molar-refractivity contribution is -0.134. The van der Waals surface area contributed by atoms with Crippen LogP contribution in [0.2, 0.25) is 0 Å². The molecule has 2 aromatic heterocycles. The van der Waals surface area contributed by atoms with Crippen molar-refractivity contribution in [3.05, 3.63) is 63.4 Å². The van der Waals surface area contributed by atoms with Crippen LogP contribution >= 0.6 is 22.7 Å². The number of nitrogens with zero attached hydrogens (tertiary/aromatic N) is 4. The van der Waals surface area contributed by atoms with Crippen molar-refractivity contribution in [1.82, 2.24) is 19.7 Å². The average Bonchev–Trinajstić information content (AvgIpc) is 3.50. The number of carbonyl (C=O) groups excluding carboxylic acids is 2. The number of alkyl halides is 3. The molecular weight excluding hydrogens is 485 g/mol. The molecule has 0 atom stereocenters. The Kier molecular flexibility index (Phi) is 6.17. The third-order valence-corrected chi connectivity index (χ3v) is 7.99. The summed E-state index contributed by atoms with van der Waals surface area (Å²) in [5.41, 5.74) is 3.32. The molecule has 2 amide bonds. The lowest BCUT2D eigenvalue weighted by Crippen LogP contribution is -2.64. The number of likely N-dealkylation sites (tertiary alicyclic amines) is 1. The fourth-order valence-electron chi connectivity index (χ4n) is 4.23. The van der Waals surface area contributed by atoms with Crippen LogP contribution in [0.25, 0.3) is 10.4 Å². The number of thiophene rings is 1. The fraction of sp³-hybridized carbons (Fsp3) is 0.348. The largest absolute Gasteiger partial charge is 0.425 e. The molecule has 2 aliphatic heterocycles. The van der Waals surface area contributed by atoms with E-state index in [-0.39, 0.29) is 17.9 Å². The van der Waals surface area contributed by atoms with Gasteiger partial charge in [-0.25, -0.2) is 4.98 Å². The quantitative estimate of drug-likeness (QED) is 0.533. The first-order chi connectivity index (χ1) is 16.3. The molecule has 5 rings (SSSR count). The Balaban J connectivity index is 1.12. The Bertz CT molecular complexity index is 1160. The van der Waals surface area contributed by atoms with Crippen molar-refractivity contribution >= 4 is 34.5 Å². The van der Waals surface area contributed by atoms with Crippen LogP contribution in [0.1, 0.15) is 25.7 Å². The third kappa shape index (κ3) is 4.59. The number of aromatic nitrogens is 1. The number of benzene rings is 1. The molecule has 2 aliphatic rings. The number of piperazine rings is 1. The lowest BCUT2D eigenvalue weighted by Gasteiger charge is -2.48. The van der Waals surface area contributed by atoms with Gasteiger partial charge in [-0.1, -0.05) is 12.1 Å². The fourth-order valence-corrected chi connectivity index (χ4v) is 5.63. The van der Waals surface area contributed by atoms with Crippen LogP contribution in [0.3, 0.4) is 0 Å². The number of rotatable bonds is 4. The van der Waals surface area contributed by atoms with Gasteiger partial charge in [0.05, 0.1) is 5.51 Å². The van der Waals surface area contributed by atoms with Gasteiger partial charge in [-0.3, -0.25) is 14.5 Å². The summed E-state index contributed by atoms with van der Waals surface area (Å²) in [5.74, 6) is -0.116. The molecule has 1 aromatic carbocycles. The molecule has 0 unspecified atom stereocenters. The number of hydrogen-bond acceptors (Lipinski definition) is 6. The van der Waals surface area contributed by atoms with Gasteiger partial charge in [0, 0.05) is 61.1 Å². The molecule has 178 valence electrons. The maximum Gasteiger partial charge on any atom is 0.425 e. The Morgan fingerprint density at radius 1 is 0.912 bits per heavy atom. The highest BCUT2D eigenvalue weighted by molar-refractivity contribution is 7.15. The van der Waals surface area contributed by atoms with Crippen molar-refractivity contribution in [2.75, 3.05) is 39.3 Å². The average molecular weight is 507 g/mol. The van der Waals surface area contributed by atoms with Gasteiger partial charge >= 0.3 is 6.18 Å². The normalized spacial score (nSPS) is 17.6. The molecule has 0 N–H and O–H groups in total. The number of thiazole rings is 1. The van der Waals surface area contributed by atoms with Crippen LogP contribution in [0, 0.1) is 0 Å². The van der Waals surface area contributed by atoms with Gasteiger partial charge in [0.1, 0.15) is 10.6 Å². The van der Waals surface area contributed by atoms with Crippen LogP contribution in [0.5, 0.6) is 0 Å². The zero-order valence-electron chi connectivity index (χ0n) is 18.0. The second kappa shape index (κ2) is 9.12. The van der Waals surface area contributed by atoms with Crippen molar-refractivity contribution in [1.29, 1.82) is 0 Å². The summed E-state index contributed by atoms with van der Waals surface area (Å²) in [5, 5.41) is 1.76. The molecular formula is C23H21F3N4O2S2. The number of carbonyl (C=O) groups is 2. The van der Waals surface area contributed by atoms with E-state index in [1.54, 1.807) is 40.1 Å². The molecule has 0 aliphatic carbocycles. The number of amides is 2. The van der Waals surface area contributed by atoms with E-state index in [2.05, 4.69) is 9.88 Å². The Morgan fingerprint density at radius 2 is 1.62 bits per heavy atom. The van der Waals surface area contributed by atoms with Gasteiger partial charge < -0.3 is 9.80 Å². The third-order valence-electron chi connectivity index (χ3n) is 6.22. The summed E-state index contributed by atoms with van der Waals surface area (Å²) in [6, 6.07) is 9.51. The van der Waals surface area contributed by atoms with Crippen LogP contribution < -0.4 is 0 Å². The molecule has 4 heterocycles. The van der Waals surface area contributed by atoms with E-state index in [1.807, 2.05) is 4.90 Å². The van der Waals surface area contributed by atoms with Crippen molar-refractivity contribution in [2.45, 2.75) is 12.2 Å². The summed E-state index contributed by atoms with van der Waals surface area (Å²) in [6.07, 6.45) is -4.35. The topological polar surface area (TPSA) is 56.8 Å². The molecule has 2 fully saturated rings. The maximum absolute atomic E-state index is 12.8. The summed E-state index contributed by atoms with van der Waals surface area (Å²) < 4.78 is 38.5. The SMILES string of the molecule is O=C(c1ccc(-c2ccc(C(F)(F)F)s2)cc1)N1CC(N2CCN(C(=O)c3cscn3)CC2)C1. The van der Waals surface area contributed by atoms with E-state index >= 15 is 0 Å². The van der Waals surface area contributed by atoms with Crippen molar-refractivity contribution in [3.8, 4) is 10.4 Å². The standard InChI is InChI=1S/C23H21F3N4O2S2/c24-23(25,26)20-6-5-19(34-20)15-1-3-16(4-2-15)21(31)30-11-17(12-30)28-7-9-29(10-8-28)22(32)18-13-33-14-27-18/h1-6,13-14,17H,7-12H2. The van der Waals surface area contributed by atoms with Gasteiger partial charge in [0.25, 0.3) is 11.8 Å². The van der Waals surface area contributed by atoms with Gasteiger partial charge in [-0.15, -0.1) is 22.7 Å². The summed E-state index contributed by atoms with van der Waals surface area (Å²) in [4.78, 5) is 35.1. The van der Waals surface area contributed by atoms with Crippen LogP contribution in [-0.2, 0) is 6.18 Å².